The smallest absolute Gasteiger partial charge is 0.462 e. The molecule has 0 aromatic heterocycles. The van der Waals surface area contributed by atoms with Crippen LogP contribution in [0.25, 0.3) is 0 Å². The van der Waals surface area contributed by atoms with Gasteiger partial charge in [0.15, 0.2) is 24.8 Å². The van der Waals surface area contributed by atoms with Crippen molar-refractivity contribution in [2.45, 2.75) is 353 Å². The molecule has 0 bridgehead atoms. The van der Waals surface area contributed by atoms with Gasteiger partial charge in [-0.3, -0.25) is 28.0 Å². The minimum Gasteiger partial charge on any atom is -0.462 e. The molecule has 3 N–H and O–H groups in total. The second-order valence-corrected chi connectivity index (χ2v) is 39.0. The number of unbranched alkanes of at least 4 members (excludes halogenated alkanes) is 26. The summed E-state index contributed by atoms with van der Waals surface area (Å²) in [6.45, 7) is 3.00. The maximum absolute atomic E-state index is 16.1. The molecule has 698 valence electrons. The maximum Gasteiger partial charge on any atom is 0.475 e. The summed E-state index contributed by atoms with van der Waals surface area (Å²) in [5, 5.41) is 18.4. The van der Waals surface area contributed by atoms with Crippen molar-refractivity contribution in [1.29, 1.82) is 0 Å². The third kappa shape index (κ3) is 45.8. The van der Waals surface area contributed by atoms with Gasteiger partial charge in [-0.05, 0) is 53.5 Å². The second-order valence-electron chi connectivity index (χ2n) is 32.3. The molecule has 5 aromatic carbocycles. The first-order valence-electron chi connectivity index (χ1n) is 45.3. The number of amides is 2. The predicted octanol–water partition coefficient (Wildman–Crippen LogP) is 23.7. The lowest BCUT2D eigenvalue weighted by molar-refractivity contribution is -0.306. The van der Waals surface area contributed by atoms with E-state index in [0.29, 0.717) is 36.0 Å². The normalized spacial score (nSPS) is 19.7. The molecule has 0 aliphatic carbocycles. The molecule has 2 saturated heterocycles. The Kier molecular flexibility index (Phi) is 52.9. The van der Waals surface area contributed by atoms with Crippen LogP contribution in [0.2, 0.25) is 0 Å². The topological polar surface area (TPSA) is 276 Å². The number of carbonyl (C=O) groups excluding carboxylic acids is 5. The van der Waals surface area contributed by atoms with Crippen LogP contribution in [-0.4, -0.2) is 143 Å². The number of nitrogens with one attached hydrogen (secondary N) is 2. The van der Waals surface area contributed by atoms with Crippen molar-refractivity contribution >= 4 is 108 Å². The largest absolute Gasteiger partial charge is 0.475 e. The molecule has 12 atom stereocenters. The first-order chi connectivity index (χ1) is 60.5. The lowest BCUT2D eigenvalue weighted by atomic mass is 9.95. The van der Waals surface area contributed by atoms with Crippen molar-refractivity contribution in [1.82, 2.24) is 10.6 Å². The quantitative estimate of drug-likeness (QED) is 0.0107. The Morgan fingerprint density at radius 1 is 0.408 bits per heavy atom. The summed E-state index contributed by atoms with van der Waals surface area (Å²) >= 11 is 37.0. The van der Waals surface area contributed by atoms with Crippen molar-refractivity contribution < 1.29 is 99.3 Å². The molecule has 2 aliphatic rings. The first kappa shape index (κ1) is 107. The van der Waals surface area contributed by atoms with Gasteiger partial charge < -0.3 is 67.8 Å². The number of halogens is 6. The molecule has 0 saturated carbocycles. The Hall–Kier alpha value is -5.38. The second kappa shape index (κ2) is 62.1. The molecule has 0 unspecified atom stereocenters. The zero-order chi connectivity index (χ0) is 89.6. The summed E-state index contributed by atoms with van der Waals surface area (Å²) in [6.07, 6.45) is 11.8. The van der Waals surface area contributed by atoms with E-state index in [2.05, 4.69) is 31.4 Å². The third-order valence-corrected chi connectivity index (χ3v) is 23.7. The Labute approximate surface area is 771 Å². The molecule has 5 aromatic rings. The molecule has 2 amide bonds. The summed E-state index contributed by atoms with van der Waals surface area (Å²) in [4.78, 5) is 73.6. The van der Waals surface area contributed by atoms with Crippen LogP contribution in [0, 0.1) is 0 Å². The van der Waals surface area contributed by atoms with Crippen molar-refractivity contribution in [2.75, 3.05) is 26.4 Å². The molecule has 2 heterocycles. The number of ether oxygens (including phenoxy) is 11. The van der Waals surface area contributed by atoms with E-state index in [0.717, 1.165) is 120 Å². The third-order valence-electron chi connectivity index (χ3n) is 21.6. The van der Waals surface area contributed by atoms with E-state index in [-0.39, 0.29) is 52.3 Å². The highest BCUT2D eigenvalue weighted by atomic mass is 35.6. The van der Waals surface area contributed by atoms with Crippen molar-refractivity contribution in [3.05, 3.63) is 179 Å². The van der Waals surface area contributed by atoms with E-state index in [1.807, 2.05) is 60.7 Å². The number of phosphoric ester groups is 1. The average Bonchev–Trinajstić information content (AvgIpc) is 0.797. The van der Waals surface area contributed by atoms with Crippen molar-refractivity contribution in [3.8, 4) is 0 Å². The fourth-order valence-corrected chi connectivity index (χ4v) is 16.5. The fraction of sp³-hybridized carbons (Fsp3) is 0.632. The molecular weight excluding hydrogens is 1750 g/mol. The van der Waals surface area contributed by atoms with Crippen molar-refractivity contribution in [3.63, 3.8) is 0 Å². The molecule has 7 rings (SSSR count). The first-order valence-corrected chi connectivity index (χ1v) is 49.0. The van der Waals surface area contributed by atoms with Gasteiger partial charge in [0.2, 0.25) is 7.59 Å². The molecule has 2 fully saturated rings. The Morgan fingerprint density at radius 3 is 1.21 bits per heavy atom. The number of benzene rings is 5. The van der Waals surface area contributed by atoms with Crippen molar-refractivity contribution in [2.24, 2.45) is 0 Å². The lowest BCUT2D eigenvalue weighted by Crippen LogP contribution is -2.68. The number of carbonyl (C=O) groups is 5. The van der Waals surface area contributed by atoms with Gasteiger partial charge in [-0.2, -0.15) is 0 Å². The molecule has 23 nitrogen and oxygen atoms in total. The summed E-state index contributed by atoms with van der Waals surface area (Å²) < 4.78 is 102. The molecular formula is C95H135Cl6N2O21P. The van der Waals surface area contributed by atoms with E-state index in [9.17, 15) is 24.3 Å². The highest BCUT2D eigenvalue weighted by molar-refractivity contribution is 7.48. The molecule has 30 heteroatoms. The zero-order valence-electron chi connectivity index (χ0n) is 73.1. The summed E-state index contributed by atoms with van der Waals surface area (Å²) in [7, 11) is -5.03. The Bertz CT molecular complexity index is 3710. The van der Waals surface area contributed by atoms with Crippen LogP contribution in [0.15, 0.2) is 152 Å². The lowest BCUT2D eigenvalue weighted by Gasteiger charge is -2.47. The van der Waals surface area contributed by atoms with Gasteiger partial charge in [0.1, 0.15) is 55.8 Å². The van der Waals surface area contributed by atoms with Gasteiger partial charge in [-0.15, -0.1) is 0 Å². The number of alkyl carbamates (subject to hydrolysis) is 2. The minimum absolute atomic E-state index is 0.0504. The van der Waals surface area contributed by atoms with Crippen LogP contribution in [0.4, 0.5) is 9.59 Å². The van der Waals surface area contributed by atoms with Crippen LogP contribution in [-0.2, 0) is 118 Å². The molecule has 2 aliphatic heterocycles. The fourth-order valence-electron chi connectivity index (χ4n) is 14.8. The molecule has 0 radical (unpaired) electrons. The Balaban J connectivity index is 1.31. The predicted molar refractivity (Wildman–Crippen MR) is 487 cm³/mol. The standard InChI is InChI=1S/C95H135Cl6N2O21P/c1-4-7-10-13-16-19-20-23-26-29-47-60-81(104)119-78(59-46-28-25-22-18-15-12-9-6-3)62-83(106)123-89-85(103-93(109)116-71-95(99,100)101)91(121-80(68-111-63-72-48-35-30-36-49-72)87(89)124-125(110,117-66-75-54-41-33-42-55-75)118-67-76-56-43-34-44-57-76)114-69-79-86(107)88(84(102-92(108)115-70-94(96,97)98)90(120-79)113-65-74-52-39-32-40-53-74)122-82(105)61-77(112-64-73-50-37-31-38-51-73)58-45-27-24-21-17-14-11-8-5-2/h30-44,48-57,77-80,84-91,107H,4-29,45-47,58-71H2,1-3H3,(H,102,108)(H,103,109)/t77-,78-,79-,80-,84-,85-,86-,87-,88-,89-,90+,91-/m1/s1. The number of hydrogen-bond donors (Lipinski definition) is 3. The SMILES string of the molecule is CCCCCCCCCCCCCC(=O)O[C@H](CCCCCCCCCCC)CC(=O)O[C@@H]1[C@@H](NC(=O)OCC(Cl)(Cl)Cl)[C@H](OC[C@H]2O[C@H](OCc3ccccc3)[C@H](NC(=O)OCC(Cl)(Cl)Cl)[C@@H](OC(=O)C[C@@H](CCCCCCCCCCC)OCc3ccccc3)[C@@H]2O)O[C@H](COCc2ccccc2)[C@H]1OP(=O)(OCc1ccccc1)OCc1ccccc1. The maximum atomic E-state index is 16.1. The average molecular weight is 1880 g/mol. The van der Waals surface area contributed by atoms with Crippen LogP contribution >= 0.6 is 77.4 Å². The number of aliphatic hydroxyl groups is 1. The van der Waals surface area contributed by atoms with E-state index in [1.165, 1.54) is 64.2 Å². The number of phosphoric acid groups is 1. The van der Waals surface area contributed by atoms with Gasteiger partial charge in [0.05, 0.1) is 65.2 Å². The number of aliphatic hydroxyl groups excluding tert-OH is 1. The van der Waals surface area contributed by atoms with Gasteiger partial charge in [0.25, 0.3) is 0 Å². The van der Waals surface area contributed by atoms with E-state index >= 15 is 9.36 Å². The van der Waals surface area contributed by atoms with Gasteiger partial charge >= 0.3 is 37.9 Å². The highest BCUT2D eigenvalue weighted by Crippen LogP contribution is 2.54. The van der Waals surface area contributed by atoms with Crippen LogP contribution in [0.3, 0.4) is 0 Å². The zero-order valence-corrected chi connectivity index (χ0v) is 78.5. The van der Waals surface area contributed by atoms with Crippen LogP contribution in [0.5, 0.6) is 0 Å². The number of esters is 3. The van der Waals surface area contributed by atoms with E-state index in [4.69, 9.17) is 135 Å². The van der Waals surface area contributed by atoms with Crippen LogP contribution in [0.1, 0.15) is 267 Å². The molecule has 0 spiro atoms. The monoisotopic (exact) mass is 1880 g/mol. The number of hydrogen-bond acceptors (Lipinski definition) is 21. The van der Waals surface area contributed by atoms with Gasteiger partial charge in [-0.1, -0.05) is 415 Å². The highest BCUT2D eigenvalue weighted by Gasteiger charge is 2.56. The summed E-state index contributed by atoms with van der Waals surface area (Å²) in [5.74, 6) is -2.32. The van der Waals surface area contributed by atoms with Gasteiger partial charge in [-0.25, -0.2) is 14.2 Å². The Morgan fingerprint density at radius 2 is 0.768 bits per heavy atom. The number of rotatable bonds is 64. The number of alkyl halides is 6. The van der Waals surface area contributed by atoms with Gasteiger partial charge in [0, 0.05) is 6.42 Å². The summed E-state index contributed by atoms with van der Waals surface area (Å²) in [6, 6.07) is 41.7. The molecule has 125 heavy (non-hydrogen) atoms. The van der Waals surface area contributed by atoms with E-state index < -0.39 is 152 Å². The van der Waals surface area contributed by atoms with E-state index in [1.54, 1.807) is 91.0 Å². The van der Waals surface area contributed by atoms with Crippen LogP contribution < -0.4 is 10.6 Å². The minimum atomic E-state index is -5.03. The summed E-state index contributed by atoms with van der Waals surface area (Å²) in [5.41, 5.74) is 3.34.